The molecule has 3 rings (SSSR count). The topological polar surface area (TPSA) is 22.1 Å². The second-order valence-electron chi connectivity index (χ2n) is 4.79. The van der Waals surface area contributed by atoms with Gasteiger partial charge in [0.2, 0.25) is 0 Å². The average Bonchev–Trinajstić information content (AvgIpc) is 3.17. The van der Waals surface area contributed by atoms with Crippen LogP contribution in [-0.2, 0) is 0 Å². The van der Waals surface area contributed by atoms with Crippen LogP contribution >= 0.6 is 15.9 Å². The van der Waals surface area contributed by atoms with Crippen LogP contribution in [0.1, 0.15) is 12.8 Å². The highest BCUT2D eigenvalue weighted by atomic mass is 79.9. The highest BCUT2D eigenvalue weighted by Crippen LogP contribution is 2.47. The van der Waals surface area contributed by atoms with Gasteiger partial charge in [0.15, 0.2) is 0 Å². The van der Waals surface area contributed by atoms with Crippen molar-refractivity contribution in [3.05, 3.63) is 36.5 Å². The Morgan fingerprint density at radius 3 is 2.88 bits per heavy atom. The van der Waals surface area contributed by atoms with E-state index in [2.05, 4.69) is 33.0 Å². The maximum atomic E-state index is 5.84. The van der Waals surface area contributed by atoms with Crippen molar-refractivity contribution < 1.29 is 4.74 Å². The highest BCUT2D eigenvalue weighted by molar-refractivity contribution is 9.09. The number of halogens is 1. The number of fused-ring (bicyclic) bond motifs is 1. The summed E-state index contributed by atoms with van der Waals surface area (Å²) in [6.45, 7) is 0.790. The Labute approximate surface area is 109 Å². The van der Waals surface area contributed by atoms with Gasteiger partial charge in [0.1, 0.15) is 5.75 Å². The first kappa shape index (κ1) is 11.0. The quantitative estimate of drug-likeness (QED) is 0.800. The van der Waals surface area contributed by atoms with E-state index in [4.69, 9.17) is 4.74 Å². The van der Waals surface area contributed by atoms with Crippen LogP contribution in [0.3, 0.4) is 0 Å². The van der Waals surface area contributed by atoms with Crippen LogP contribution in [0.4, 0.5) is 0 Å². The van der Waals surface area contributed by atoms with Gasteiger partial charge in [-0.2, -0.15) is 0 Å². The molecule has 1 fully saturated rings. The number of benzene rings is 1. The number of hydrogen-bond acceptors (Lipinski definition) is 2. The molecule has 1 saturated carbocycles. The first-order valence-corrected chi connectivity index (χ1v) is 6.97. The van der Waals surface area contributed by atoms with E-state index in [1.165, 1.54) is 12.8 Å². The lowest BCUT2D eigenvalue weighted by molar-refractivity contribution is 0.251. The first-order valence-electron chi connectivity index (χ1n) is 5.85. The van der Waals surface area contributed by atoms with Crippen LogP contribution < -0.4 is 4.74 Å². The summed E-state index contributed by atoms with van der Waals surface area (Å²) in [5, 5.41) is 2.16. The minimum absolute atomic E-state index is 0.381. The van der Waals surface area contributed by atoms with Crippen molar-refractivity contribution in [2.45, 2.75) is 12.8 Å². The van der Waals surface area contributed by atoms with E-state index in [0.717, 1.165) is 28.6 Å². The molecule has 1 aromatic heterocycles. The molecule has 0 N–H and O–H groups in total. The Morgan fingerprint density at radius 2 is 2.12 bits per heavy atom. The zero-order valence-corrected chi connectivity index (χ0v) is 11.1. The van der Waals surface area contributed by atoms with Crippen molar-refractivity contribution in [2.24, 2.45) is 5.41 Å². The van der Waals surface area contributed by atoms with E-state index in [-0.39, 0.29) is 0 Å². The minimum Gasteiger partial charge on any atom is -0.491 e. The minimum atomic E-state index is 0.381. The number of alkyl halides is 1. The summed E-state index contributed by atoms with van der Waals surface area (Å²) < 4.78 is 5.84. The number of nitrogens with zero attached hydrogens (tertiary/aromatic N) is 1. The molecule has 0 unspecified atom stereocenters. The fourth-order valence-electron chi connectivity index (χ4n) is 1.86. The Morgan fingerprint density at radius 1 is 1.29 bits per heavy atom. The predicted octanol–water partition coefficient (Wildman–Crippen LogP) is 3.79. The van der Waals surface area contributed by atoms with E-state index in [1.807, 2.05) is 24.4 Å². The zero-order valence-electron chi connectivity index (χ0n) is 9.53. The van der Waals surface area contributed by atoms with Gasteiger partial charge in [-0.1, -0.05) is 34.1 Å². The number of rotatable bonds is 4. The molecule has 1 aliphatic carbocycles. The van der Waals surface area contributed by atoms with Crippen molar-refractivity contribution >= 4 is 26.8 Å². The molecule has 0 saturated heterocycles. The molecule has 3 heteroatoms. The summed E-state index contributed by atoms with van der Waals surface area (Å²) in [5.41, 5.74) is 1.40. The van der Waals surface area contributed by atoms with Crippen LogP contribution in [0.2, 0.25) is 0 Å². The summed E-state index contributed by atoms with van der Waals surface area (Å²) in [4.78, 5) is 4.39. The maximum absolute atomic E-state index is 5.84. The van der Waals surface area contributed by atoms with Crippen molar-refractivity contribution in [3.63, 3.8) is 0 Å². The Balaban J connectivity index is 1.77. The predicted molar refractivity (Wildman–Crippen MR) is 72.7 cm³/mol. The van der Waals surface area contributed by atoms with Gasteiger partial charge in [0.25, 0.3) is 0 Å². The molecule has 0 bridgehead atoms. The van der Waals surface area contributed by atoms with Crippen LogP contribution in [-0.4, -0.2) is 16.9 Å². The maximum Gasteiger partial charge on any atom is 0.138 e. The standard InChI is InChI=1S/C14H14BrNO/c15-9-14(5-6-14)10-17-12-7-11-3-1-2-4-13(11)16-8-12/h1-4,7-8H,5-6,9-10H2. The Kier molecular flexibility index (Phi) is 2.79. The van der Waals surface area contributed by atoms with Crippen LogP contribution in [0.25, 0.3) is 10.9 Å². The van der Waals surface area contributed by atoms with Crippen LogP contribution in [0.5, 0.6) is 5.75 Å². The monoisotopic (exact) mass is 291 g/mol. The lowest BCUT2D eigenvalue weighted by Crippen LogP contribution is -2.14. The van der Waals surface area contributed by atoms with Crippen LogP contribution in [0.15, 0.2) is 36.5 Å². The summed E-state index contributed by atoms with van der Waals surface area (Å²) in [7, 11) is 0. The number of pyridine rings is 1. The lowest BCUT2D eigenvalue weighted by atomic mass is 10.2. The molecule has 88 valence electrons. The first-order chi connectivity index (χ1) is 8.31. The van der Waals surface area contributed by atoms with E-state index >= 15 is 0 Å². The van der Waals surface area contributed by atoms with Gasteiger partial charge < -0.3 is 4.74 Å². The van der Waals surface area contributed by atoms with Crippen molar-refractivity contribution in [2.75, 3.05) is 11.9 Å². The molecule has 2 aromatic rings. The second kappa shape index (κ2) is 4.30. The third-order valence-electron chi connectivity index (χ3n) is 3.35. The Bertz CT molecular complexity index is 536. The van der Waals surface area contributed by atoms with Gasteiger partial charge in [0.05, 0.1) is 18.3 Å². The molecule has 0 amide bonds. The molecule has 1 aromatic carbocycles. The van der Waals surface area contributed by atoms with E-state index in [9.17, 15) is 0 Å². The fourth-order valence-corrected chi connectivity index (χ4v) is 2.58. The second-order valence-corrected chi connectivity index (χ2v) is 5.35. The fraction of sp³-hybridized carbons (Fsp3) is 0.357. The van der Waals surface area contributed by atoms with Gasteiger partial charge in [-0.3, -0.25) is 4.98 Å². The zero-order chi connectivity index (χ0) is 11.7. The van der Waals surface area contributed by atoms with Gasteiger partial charge in [-0.25, -0.2) is 0 Å². The van der Waals surface area contributed by atoms with Gasteiger partial charge >= 0.3 is 0 Å². The third-order valence-corrected chi connectivity index (χ3v) is 4.54. The normalized spacial score (nSPS) is 17.0. The molecular formula is C14H14BrNO. The number of para-hydroxylation sites is 1. The van der Waals surface area contributed by atoms with Crippen LogP contribution in [0, 0.1) is 5.41 Å². The number of aromatic nitrogens is 1. The van der Waals surface area contributed by atoms with E-state index < -0.39 is 0 Å². The largest absolute Gasteiger partial charge is 0.491 e. The highest BCUT2D eigenvalue weighted by Gasteiger charge is 2.42. The summed E-state index contributed by atoms with van der Waals surface area (Å²) in [6.07, 6.45) is 4.34. The van der Waals surface area contributed by atoms with E-state index in [1.54, 1.807) is 0 Å². The molecule has 1 heterocycles. The SMILES string of the molecule is BrCC1(COc2cnc3ccccc3c2)CC1. The third kappa shape index (κ3) is 2.29. The number of ether oxygens (including phenoxy) is 1. The molecule has 0 radical (unpaired) electrons. The molecule has 1 aliphatic rings. The molecule has 0 spiro atoms. The van der Waals surface area contributed by atoms with Crippen molar-refractivity contribution in [1.82, 2.24) is 4.98 Å². The molecule has 2 nitrogen and oxygen atoms in total. The summed E-state index contributed by atoms with van der Waals surface area (Å²) >= 11 is 3.55. The van der Waals surface area contributed by atoms with Gasteiger partial charge in [-0.05, 0) is 25.0 Å². The number of hydrogen-bond donors (Lipinski definition) is 0. The smallest absolute Gasteiger partial charge is 0.138 e. The average molecular weight is 292 g/mol. The molecular weight excluding hydrogens is 278 g/mol. The van der Waals surface area contributed by atoms with Crippen molar-refractivity contribution in [1.29, 1.82) is 0 Å². The van der Waals surface area contributed by atoms with Gasteiger partial charge in [0, 0.05) is 16.1 Å². The summed E-state index contributed by atoms with van der Waals surface area (Å²) in [5.74, 6) is 0.871. The Hall–Kier alpha value is -1.09. The summed E-state index contributed by atoms with van der Waals surface area (Å²) in [6, 6.07) is 10.2. The molecule has 0 atom stereocenters. The van der Waals surface area contributed by atoms with Crippen molar-refractivity contribution in [3.8, 4) is 5.75 Å². The molecule has 17 heavy (non-hydrogen) atoms. The van der Waals surface area contributed by atoms with E-state index in [0.29, 0.717) is 5.41 Å². The lowest BCUT2D eigenvalue weighted by Gasteiger charge is -2.13. The molecule has 0 aliphatic heterocycles. The van der Waals surface area contributed by atoms with Gasteiger partial charge in [-0.15, -0.1) is 0 Å².